The molecule has 0 atom stereocenters. The maximum absolute atomic E-state index is 15.2. The Balaban J connectivity index is 1.32. The van der Waals surface area contributed by atoms with Gasteiger partial charge in [0, 0.05) is 25.6 Å². The molecule has 1 amide bonds. The van der Waals surface area contributed by atoms with Crippen LogP contribution >= 0.6 is 15.2 Å². The lowest BCUT2D eigenvalue weighted by Gasteiger charge is -2.26. The summed E-state index contributed by atoms with van der Waals surface area (Å²) in [5.74, 6) is -0.296. The van der Waals surface area contributed by atoms with Crippen LogP contribution in [0.5, 0.6) is 0 Å². The van der Waals surface area contributed by atoms with Gasteiger partial charge in [0.05, 0.1) is 37.7 Å². The standard InChI is InChI=1S/C25H27FN2O8P2/c1-17-22(27-23(36-17)18-6-4-3-5-7-18)10-11-28(2)24(29)20-9-8-19(16-21(20)26)25(37(30)32-12-13-33-37)38(31)34-14-15-35-38/h3-9,16,25H,10-15H2,1-2H3. The summed E-state index contributed by atoms with van der Waals surface area (Å²) in [6.07, 6.45) is 0.405. The zero-order valence-electron chi connectivity index (χ0n) is 20.9. The average Bonchev–Trinajstić information content (AvgIpc) is 3.63. The largest absolute Gasteiger partial charge is 0.441 e. The Hall–Kier alpha value is -2.65. The molecule has 2 aliphatic heterocycles. The fourth-order valence-electron chi connectivity index (χ4n) is 4.36. The van der Waals surface area contributed by atoms with Crippen molar-refractivity contribution in [2.45, 2.75) is 18.7 Å². The maximum atomic E-state index is 15.2. The van der Waals surface area contributed by atoms with Gasteiger partial charge in [-0.25, -0.2) is 9.37 Å². The normalized spacial score (nSPS) is 18.2. The predicted octanol–water partition coefficient (Wildman–Crippen LogP) is 5.58. The fourth-order valence-corrected chi connectivity index (χ4v) is 9.63. The first-order chi connectivity index (χ1) is 18.2. The second-order valence-electron chi connectivity index (χ2n) is 8.89. The second-order valence-corrected chi connectivity index (χ2v) is 13.5. The van der Waals surface area contributed by atoms with E-state index in [4.69, 9.17) is 22.5 Å². The Morgan fingerprint density at radius 3 is 2.18 bits per heavy atom. The minimum absolute atomic E-state index is 0.0372. The summed E-state index contributed by atoms with van der Waals surface area (Å²) in [5.41, 5.74) is 1.39. The quantitative estimate of drug-likeness (QED) is 0.323. The van der Waals surface area contributed by atoms with E-state index >= 15 is 4.39 Å². The Morgan fingerprint density at radius 1 is 1.00 bits per heavy atom. The van der Waals surface area contributed by atoms with Gasteiger partial charge >= 0.3 is 15.2 Å². The molecule has 0 bridgehead atoms. The molecule has 10 nitrogen and oxygen atoms in total. The number of hydrogen-bond acceptors (Lipinski definition) is 9. The summed E-state index contributed by atoms with van der Waals surface area (Å²) < 4.78 is 68.8. The lowest BCUT2D eigenvalue weighted by atomic mass is 10.1. The van der Waals surface area contributed by atoms with Gasteiger partial charge < -0.3 is 27.4 Å². The third-order valence-electron chi connectivity index (χ3n) is 6.32. The summed E-state index contributed by atoms with van der Waals surface area (Å²) in [4.78, 5) is 19.0. The highest BCUT2D eigenvalue weighted by molar-refractivity contribution is 7.72. The topological polar surface area (TPSA) is 117 Å². The van der Waals surface area contributed by atoms with Crippen LogP contribution in [-0.2, 0) is 33.6 Å². The monoisotopic (exact) mass is 564 g/mol. The van der Waals surface area contributed by atoms with Crippen molar-refractivity contribution < 1.29 is 40.8 Å². The fraction of sp³-hybridized carbons (Fsp3) is 0.360. The zero-order valence-corrected chi connectivity index (χ0v) is 22.7. The summed E-state index contributed by atoms with van der Waals surface area (Å²) in [7, 11) is -6.35. The van der Waals surface area contributed by atoms with Gasteiger partial charge in [-0.05, 0) is 36.8 Å². The van der Waals surface area contributed by atoms with Crippen molar-refractivity contribution >= 4 is 21.1 Å². The van der Waals surface area contributed by atoms with Gasteiger partial charge in [0.15, 0.2) is 5.40 Å². The van der Waals surface area contributed by atoms with Gasteiger partial charge in [-0.3, -0.25) is 13.9 Å². The molecule has 202 valence electrons. The first-order valence-electron chi connectivity index (χ1n) is 12.0. The number of carbonyl (C=O) groups is 1. The van der Waals surface area contributed by atoms with Crippen molar-refractivity contribution in [3.8, 4) is 11.5 Å². The first kappa shape index (κ1) is 26.9. The smallest absolute Gasteiger partial charge is 0.350 e. The molecule has 13 heteroatoms. The van der Waals surface area contributed by atoms with Crippen molar-refractivity contribution in [2.75, 3.05) is 40.0 Å². The van der Waals surface area contributed by atoms with Gasteiger partial charge in [-0.1, -0.05) is 24.3 Å². The van der Waals surface area contributed by atoms with Crippen molar-refractivity contribution in [1.82, 2.24) is 9.88 Å². The summed E-state index contributed by atoms with van der Waals surface area (Å²) in [6, 6.07) is 13.1. The molecule has 2 saturated heterocycles. The average molecular weight is 564 g/mol. The number of nitrogens with zero attached hydrogens (tertiary/aromatic N) is 2. The predicted molar refractivity (Wildman–Crippen MR) is 136 cm³/mol. The molecule has 0 unspecified atom stereocenters. The van der Waals surface area contributed by atoms with Crippen LogP contribution < -0.4 is 0 Å². The molecule has 3 heterocycles. The lowest BCUT2D eigenvalue weighted by Crippen LogP contribution is -2.29. The zero-order chi connectivity index (χ0) is 26.9. The van der Waals surface area contributed by atoms with E-state index in [1.807, 2.05) is 30.3 Å². The lowest BCUT2D eigenvalue weighted by molar-refractivity contribution is 0.0791. The number of rotatable bonds is 8. The third kappa shape index (κ3) is 5.27. The Bertz CT molecular complexity index is 1380. The van der Waals surface area contributed by atoms with E-state index in [9.17, 15) is 13.9 Å². The molecule has 2 aromatic carbocycles. The van der Waals surface area contributed by atoms with E-state index in [0.717, 1.165) is 11.6 Å². The molecule has 2 aliphatic rings. The first-order valence-corrected chi connectivity index (χ1v) is 15.3. The number of amides is 1. The van der Waals surface area contributed by atoms with Crippen LogP contribution in [0.2, 0.25) is 0 Å². The molecular formula is C25H27FN2O8P2. The highest BCUT2D eigenvalue weighted by Gasteiger charge is 2.55. The number of hydrogen-bond donors (Lipinski definition) is 0. The summed E-state index contributed by atoms with van der Waals surface area (Å²) in [5, 5.41) is -1.45. The molecule has 0 spiro atoms. The number of benzene rings is 2. The minimum atomic E-state index is -3.96. The number of likely N-dealkylation sites (N-methyl/N-ethyl adjacent to an activating group) is 1. The van der Waals surface area contributed by atoms with E-state index in [1.54, 1.807) is 14.0 Å². The van der Waals surface area contributed by atoms with Crippen LogP contribution in [0.4, 0.5) is 4.39 Å². The maximum Gasteiger partial charge on any atom is 0.350 e. The summed E-state index contributed by atoms with van der Waals surface area (Å²) in [6.45, 7) is 2.21. The van der Waals surface area contributed by atoms with E-state index < -0.39 is 32.3 Å². The molecule has 38 heavy (non-hydrogen) atoms. The van der Waals surface area contributed by atoms with Gasteiger partial charge in [0.2, 0.25) is 5.89 Å². The number of aryl methyl sites for hydroxylation is 1. The highest BCUT2D eigenvalue weighted by Crippen LogP contribution is 2.80. The molecule has 2 fully saturated rings. The van der Waals surface area contributed by atoms with Crippen molar-refractivity contribution in [3.05, 3.63) is 76.9 Å². The van der Waals surface area contributed by atoms with Gasteiger partial charge in [-0.2, -0.15) is 0 Å². The van der Waals surface area contributed by atoms with Gasteiger partial charge in [-0.15, -0.1) is 0 Å². The highest BCUT2D eigenvalue weighted by atomic mass is 31.2. The third-order valence-corrected chi connectivity index (χ3v) is 12.0. The Labute approximate surface area is 219 Å². The van der Waals surface area contributed by atoms with Gasteiger partial charge in [0.25, 0.3) is 5.91 Å². The van der Waals surface area contributed by atoms with E-state index in [-0.39, 0.29) is 44.1 Å². The van der Waals surface area contributed by atoms with Crippen molar-refractivity contribution in [1.29, 1.82) is 0 Å². The SMILES string of the molecule is Cc1oc(-c2ccccc2)nc1CCN(C)C(=O)c1ccc(C(P2(=O)OCCO2)P2(=O)OCCO2)cc1F. The Kier molecular flexibility index (Phi) is 7.69. The van der Waals surface area contributed by atoms with Crippen LogP contribution in [0.1, 0.15) is 32.8 Å². The van der Waals surface area contributed by atoms with E-state index in [1.165, 1.54) is 17.0 Å². The molecule has 5 rings (SSSR count). The van der Waals surface area contributed by atoms with Gasteiger partial charge in [0.1, 0.15) is 11.6 Å². The molecular weight excluding hydrogens is 537 g/mol. The van der Waals surface area contributed by atoms with Crippen molar-refractivity contribution in [3.63, 3.8) is 0 Å². The molecule has 0 radical (unpaired) electrons. The number of aromatic nitrogens is 1. The summed E-state index contributed by atoms with van der Waals surface area (Å²) >= 11 is 0. The van der Waals surface area contributed by atoms with Crippen LogP contribution in [0.15, 0.2) is 52.9 Å². The molecule has 0 saturated carbocycles. The van der Waals surface area contributed by atoms with Crippen LogP contribution in [0, 0.1) is 12.7 Å². The van der Waals surface area contributed by atoms with Crippen molar-refractivity contribution in [2.24, 2.45) is 0 Å². The molecule has 0 aliphatic carbocycles. The Morgan fingerprint density at radius 2 is 1.61 bits per heavy atom. The molecule has 3 aromatic rings. The minimum Gasteiger partial charge on any atom is -0.441 e. The van der Waals surface area contributed by atoms with Crippen LogP contribution in [0.3, 0.4) is 0 Å². The molecule has 0 N–H and O–H groups in total. The van der Waals surface area contributed by atoms with Crippen LogP contribution in [0.25, 0.3) is 11.5 Å². The van der Waals surface area contributed by atoms with Crippen LogP contribution in [-0.4, -0.2) is 55.8 Å². The number of oxazole rings is 1. The number of carbonyl (C=O) groups excluding carboxylic acids is 1. The van der Waals surface area contributed by atoms with E-state index in [0.29, 0.717) is 23.8 Å². The van der Waals surface area contributed by atoms with E-state index in [2.05, 4.69) is 4.98 Å². The number of halogens is 1. The second kappa shape index (κ2) is 10.8. The molecule has 1 aromatic heterocycles.